The summed E-state index contributed by atoms with van der Waals surface area (Å²) in [6.07, 6.45) is -1.06. The average molecular weight is 506 g/mol. The van der Waals surface area contributed by atoms with Crippen LogP contribution in [0.15, 0.2) is 30.3 Å². The highest BCUT2D eigenvalue weighted by Crippen LogP contribution is 2.34. The molecule has 1 aliphatic heterocycles. The molecule has 0 spiro atoms. The Morgan fingerprint density at radius 2 is 1.77 bits per heavy atom. The first kappa shape index (κ1) is 26.3. The van der Waals surface area contributed by atoms with E-state index in [2.05, 4.69) is 0 Å². The number of aliphatic carboxylic acids is 1. The number of carboxylic acids is 1. The highest BCUT2D eigenvalue weighted by molar-refractivity contribution is 6.88. The summed E-state index contributed by atoms with van der Waals surface area (Å²) < 4.78 is 39.9. The summed E-state index contributed by atoms with van der Waals surface area (Å²) in [6.45, 7) is 5.32. The van der Waals surface area contributed by atoms with Crippen LogP contribution in [0.4, 0.5) is 13.6 Å². The van der Waals surface area contributed by atoms with E-state index in [0.29, 0.717) is 17.7 Å². The molecule has 0 bridgehead atoms. The van der Waals surface area contributed by atoms with Gasteiger partial charge in [-0.05, 0) is 47.4 Å². The Morgan fingerprint density at radius 3 is 2.34 bits per heavy atom. The van der Waals surface area contributed by atoms with Gasteiger partial charge in [0.05, 0.1) is 21.6 Å². The zero-order chi connectivity index (χ0) is 25.9. The van der Waals surface area contributed by atoms with Gasteiger partial charge < -0.3 is 14.6 Å². The summed E-state index contributed by atoms with van der Waals surface area (Å²) in [5.74, 6) is -2.31. The van der Waals surface area contributed by atoms with E-state index in [1.807, 2.05) is 19.6 Å². The molecule has 0 aromatic heterocycles. The highest BCUT2D eigenvalue weighted by atomic mass is 28.3. The first-order valence-electron chi connectivity index (χ1n) is 11.3. The minimum absolute atomic E-state index is 0.0763. The van der Waals surface area contributed by atoms with Gasteiger partial charge in [0.2, 0.25) is 0 Å². The van der Waals surface area contributed by atoms with E-state index >= 15 is 0 Å². The van der Waals surface area contributed by atoms with Crippen molar-refractivity contribution in [2.45, 2.75) is 44.9 Å². The lowest BCUT2D eigenvalue weighted by Crippen LogP contribution is -2.44. The van der Waals surface area contributed by atoms with Crippen molar-refractivity contribution in [3.8, 4) is 5.75 Å². The number of nitrogens with zero attached hydrogens (tertiary/aromatic N) is 1. The number of carbonyl (C=O) groups excluding carboxylic acids is 2. The first-order chi connectivity index (χ1) is 16.4. The van der Waals surface area contributed by atoms with E-state index in [4.69, 9.17) is 14.6 Å². The number of carbonyl (C=O) groups is 3. The van der Waals surface area contributed by atoms with Crippen molar-refractivity contribution in [1.82, 2.24) is 4.90 Å². The quantitative estimate of drug-likeness (QED) is 0.548. The molecule has 3 rings (SSSR count). The van der Waals surface area contributed by atoms with E-state index in [1.54, 1.807) is 18.2 Å². The molecule has 10 heteroatoms. The number of Topliss-reactive ketones (excluding diaryl/α,β-unsaturated/α-hetero) is 1. The molecule has 0 saturated heterocycles. The maximum absolute atomic E-state index is 14.8. The number of ketones is 1. The second-order valence-corrected chi connectivity index (χ2v) is 14.5. The highest BCUT2D eigenvalue weighted by Gasteiger charge is 2.37. The van der Waals surface area contributed by atoms with Crippen molar-refractivity contribution in [2.24, 2.45) is 0 Å². The van der Waals surface area contributed by atoms with E-state index in [-0.39, 0.29) is 36.7 Å². The van der Waals surface area contributed by atoms with Crippen molar-refractivity contribution in [2.75, 3.05) is 20.3 Å². The second kappa shape index (κ2) is 10.6. The summed E-state index contributed by atoms with van der Waals surface area (Å²) in [5.41, 5.74) is 1.55. The fourth-order valence-corrected chi connectivity index (χ4v) is 5.90. The molecule has 1 atom stereocenters. The van der Waals surface area contributed by atoms with Gasteiger partial charge in [-0.15, -0.1) is 0 Å². The molecule has 1 unspecified atom stereocenters. The van der Waals surface area contributed by atoms with Gasteiger partial charge in [0, 0.05) is 18.2 Å². The zero-order valence-electron chi connectivity index (χ0n) is 20.2. The van der Waals surface area contributed by atoms with Gasteiger partial charge in [-0.2, -0.15) is 0 Å². The van der Waals surface area contributed by atoms with Gasteiger partial charge in [0.25, 0.3) is 0 Å². The molecular formula is C25H29F2NO6Si. The van der Waals surface area contributed by atoms with E-state index < -0.39 is 43.6 Å². The topological polar surface area (TPSA) is 93.1 Å². The molecule has 35 heavy (non-hydrogen) atoms. The number of rotatable bonds is 8. The van der Waals surface area contributed by atoms with Crippen LogP contribution in [0, 0.1) is 11.6 Å². The fraction of sp³-hybridized carbons (Fsp3) is 0.400. The molecular weight excluding hydrogens is 476 g/mol. The fourth-order valence-electron chi connectivity index (χ4n) is 4.32. The first-order valence-corrected chi connectivity index (χ1v) is 14.8. The number of benzene rings is 2. The average Bonchev–Trinajstić information content (AvgIpc) is 2.75. The molecule has 1 amide bonds. The molecule has 1 N–H and O–H groups in total. The van der Waals surface area contributed by atoms with E-state index in [9.17, 15) is 23.2 Å². The molecule has 7 nitrogen and oxygen atoms in total. The van der Waals surface area contributed by atoms with Crippen molar-refractivity contribution in [3.05, 3.63) is 58.7 Å². The molecule has 1 heterocycles. The second-order valence-electron chi connectivity index (χ2n) is 9.50. The third-order valence-electron chi connectivity index (χ3n) is 5.89. The molecule has 2 aromatic carbocycles. The standard InChI is InChI=1S/C25H29F2NO6Si/c1-33-17-5-6-18-16(14-17)7-9-28(25(32)34-10-8-22(30)31)23(18)21(29)13-15-11-19(26)24(20(27)12-15)35(2,3)4/h5-6,11-12,14,23H,7-10,13H2,1-4H3,(H,30,31). The maximum atomic E-state index is 14.8. The van der Waals surface area contributed by atoms with Gasteiger partial charge in [0.1, 0.15) is 30.0 Å². The molecule has 188 valence electrons. The number of carboxylic acid groups (broad SMARTS) is 1. The Hall–Kier alpha value is -3.27. The Kier molecular flexibility index (Phi) is 7.94. The summed E-state index contributed by atoms with van der Waals surface area (Å²) >= 11 is 0. The van der Waals surface area contributed by atoms with Gasteiger partial charge >= 0.3 is 12.1 Å². The minimum Gasteiger partial charge on any atom is -0.497 e. The van der Waals surface area contributed by atoms with Crippen LogP contribution in [-0.4, -0.2) is 56.2 Å². The van der Waals surface area contributed by atoms with Crippen LogP contribution in [0.2, 0.25) is 19.6 Å². The lowest BCUT2D eigenvalue weighted by atomic mass is 9.88. The predicted molar refractivity (Wildman–Crippen MR) is 128 cm³/mol. The Bertz CT molecular complexity index is 1120. The molecule has 0 saturated carbocycles. The largest absolute Gasteiger partial charge is 0.497 e. The van der Waals surface area contributed by atoms with Crippen LogP contribution in [0.3, 0.4) is 0 Å². The Morgan fingerprint density at radius 1 is 1.11 bits per heavy atom. The molecule has 0 fully saturated rings. The van der Waals surface area contributed by atoms with Crippen LogP contribution < -0.4 is 9.92 Å². The minimum atomic E-state index is -2.28. The number of fused-ring (bicyclic) bond motifs is 1. The van der Waals surface area contributed by atoms with Crippen molar-refractivity contribution in [1.29, 1.82) is 0 Å². The Balaban J connectivity index is 1.93. The zero-order valence-corrected chi connectivity index (χ0v) is 21.2. The van der Waals surface area contributed by atoms with Gasteiger partial charge in [-0.3, -0.25) is 14.5 Å². The molecule has 0 radical (unpaired) electrons. The SMILES string of the molecule is COc1ccc2c(c1)CCN(C(=O)OCCC(=O)O)C2C(=O)Cc1cc(F)c([Si](C)(C)C)c(F)c1. The summed E-state index contributed by atoms with van der Waals surface area (Å²) in [7, 11) is -0.759. The Labute approximate surface area is 203 Å². The number of ether oxygens (including phenoxy) is 2. The van der Waals surface area contributed by atoms with Crippen LogP contribution in [0.5, 0.6) is 5.75 Å². The molecule has 0 aliphatic carbocycles. The summed E-state index contributed by atoms with van der Waals surface area (Å²) in [4.78, 5) is 38.2. The van der Waals surface area contributed by atoms with Crippen LogP contribution >= 0.6 is 0 Å². The number of hydrogen-bond donors (Lipinski definition) is 1. The van der Waals surface area contributed by atoms with Crippen LogP contribution in [-0.2, 0) is 27.2 Å². The lowest BCUT2D eigenvalue weighted by molar-refractivity contribution is -0.138. The number of amides is 1. The smallest absolute Gasteiger partial charge is 0.410 e. The van der Waals surface area contributed by atoms with Crippen molar-refractivity contribution in [3.63, 3.8) is 0 Å². The van der Waals surface area contributed by atoms with Crippen molar-refractivity contribution >= 4 is 31.1 Å². The number of halogens is 2. The predicted octanol–water partition coefficient (Wildman–Crippen LogP) is 3.84. The van der Waals surface area contributed by atoms with E-state index in [0.717, 1.165) is 5.56 Å². The van der Waals surface area contributed by atoms with Crippen molar-refractivity contribution < 1.29 is 37.7 Å². The number of hydrogen-bond acceptors (Lipinski definition) is 5. The summed E-state index contributed by atoms with van der Waals surface area (Å²) in [5, 5.41) is 8.88. The van der Waals surface area contributed by atoms with Crippen LogP contribution in [0.1, 0.15) is 29.2 Å². The monoisotopic (exact) mass is 505 g/mol. The summed E-state index contributed by atoms with van der Waals surface area (Å²) in [6, 6.07) is 6.45. The van der Waals surface area contributed by atoms with Crippen LogP contribution in [0.25, 0.3) is 0 Å². The maximum Gasteiger partial charge on any atom is 0.410 e. The van der Waals surface area contributed by atoms with Gasteiger partial charge in [-0.25, -0.2) is 13.6 Å². The third-order valence-corrected chi connectivity index (χ3v) is 7.87. The normalized spacial score (nSPS) is 15.4. The lowest BCUT2D eigenvalue weighted by Gasteiger charge is -2.36. The van der Waals surface area contributed by atoms with Gasteiger partial charge in [-0.1, -0.05) is 25.7 Å². The third kappa shape index (κ3) is 6.05. The molecule has 2 aromatic rings. The van der Waals surface area contributed by atoms with E-state index in [1.165, 1.54) is 24.1 Å². The number of methoxy groups -OCH3 is 1. The van der Waals surface area contributed by atoms with Gasteiger partial charge in [0.15, 0.2) is 5.78 Å². The molecule has 1 aliphatic rings.